The van der Waals surface area contributed by atoms with Gasteiger partial charge in [-0.05, 0) is 39.2 Å². The number of nitrogens with zero attached hydrogens (tertiary/aromatic N) is 2. The average molecular weight is 454 g/mol. The van der Waals surface area contributed by atoms with Gasteiger partial charge in [0.2, 0.25) is 0 Å². The summed E-state index contributed by atoms with van der Waals surface area (Å²) >= 11 is 0. The first-order valence-corrected chi connectivity index (χ1v) is 8.03. The standard InChI is InChI=1S/C19H26N4O.HI/c1-15-8-10-17(11-9-15)22-19(20)21-14-16-6-4-5-7-18(16)24-13-12-23(2)3;/h4-11H,12-14H2,1-3H3,(H3,20,21,22);1H. The molecule has 0 aliphatic rings. The van der Waals surface area contributed by atoms with Crippen LogP contribution in [0.3, 0.4) is 0 Å². The first-order chi connectivity index (χ1) is 11.5. The second kappa shape index (κ2) is 10.9. The van der Waals surface area contributed by atoms with E-state index in [2.05, 4.69) is 22.1 Å². The van der Waals surface area contributed by atoms with Gasteiger partial charge in [-0.15, -0.1) is 24.0 Å². The van der Waals surface area contributed by atoms with Crippen LogP contribution in [-0.4, -0.2) is 38.1 Å². The molecule has 0 aliphatic carbocycles. The Hall–Kier alpha value is -1.80. The van der Waals surface area contributed by atoms with E-state index in [1.165, 1.54) is 5.56 Å². The Bertz CT molecular complexity index is 671. The molecule has 0 fully saturated rings. The lowest BCUT2D eigenvalue weighted by Crippen LogP contribution is -2.22. The number of guanidine groups is 1. The van der Waals surface area contributed by atoms with Crippen LogP contribution in [0, 0.1) is 6.92 Å². The molecule has 136 valence electrons. The number of benzene rings is 2. The lowest BCUT2D eigenvalue weighted by atomic mass is 10.2. The minimum absolute atomic E-state index is 0. The third-order valence-electron chi connectivity index (χ3n) is 3.51. The Balaban J connectivity index is 0.00000312. The van der Waals surface area contributed by atoms with Crippen LogP contribution in [-0.2, 0) is 6.54 Å². The van der Waals surface area contributed by atoms with E-state index < -0.39 is 0 Å². The lowest BCUT2D eigenvalue weighted by molar-refractivity contribution is 0.259. The number of para-hydroxylation sites is 1. The monoisotopic (exact) mass is 454 g/mol. The highest BCUT2D eigenvalue weighted by atomic mass is 127. The predicted molar refractivity (Wildman–Crippen MR) is 116 cm³/mol. The topological polar surface area (TPSA) is 62.9 Å². The third-order valence-corrected chi connectivity index (χ3v) is 3.51. The van der Waals surface area contributed by atoms with Crippen molar-refractivity contribution in [1.29, 1.82) is 0 Å². The van der Waals surface area contributed by atoms with Gasteiger partial charge in [-0.1, -0.05) is 35.9 Å². The van der Waals surface area contributed by atoms with Gasteiger partial charge in [-0.25, -0.2) is 4.99 Å². The van der Waals surface area contributed by atoms with Crippen molar-refractivity contribution in [2.75, 3.05) is 32.6 Å². The van der Waals surface area contributed by atoms with E-state index in [9.17, 15) is 0 Å². The fourth-order valence-corrected chi connectivity index (χ4v) is 2.11. The van der Waals surface area contributed by atoms with E-state index in [1.54, 1.807) is 0 Å². The number of ether oxygens (including phenoxy) is 1. The van der Waals surface area contributed by atoms with Crippen molar-refractivity contribution in [2.45, 2.75) is 13.5 Å². The largest absolute Gasteiger partial charge is 0.492 e. The molecule has 0 amide bonds. The normalized spacial score (nSPS) is 11.1. The van der Waals surface area contributed by atoms with Crippen LogP contribution in [0.15, 0.2) is 53.5 Å². The van der Waals surface area contributed by atoms with Crippen LogP contribution in [0.4, 0.5) is 5.69 Å². The van der Waals surface area contributed by atoms with E-state index in [-0.39, 0.29) is 24.0 Å². The Morgan fingerprint density at radius 2 is 1.80 bits per heavy atom. The highest BCUT2D eigenvalue weighted by Crippen LogP contribution is 2.19. The molecule has 0 bridgehead atoms. The number of anilines is 1. The number of nitrogens with one attached hydrogen (secondary N) is 1. The molecule has 2 rings (SSSR count). The van der Waals surface area contributed by atoms with E-state index >= 15 is 0 Å². The van der Waals surface area contributed by atoms with Crippen molar-refractivity contribution in [2.24, 2.45) is 10.7 Å². The minimum Gasteiger partial charge on any atom is -0.492 e. The smallest absolute Gasteiger partial charge is 0.193 e. The van der Waals surface area contributed by atoms with Gasteiger partial charge in [0.05, 0.1) is 6.54 Å². The Morgan fingerprint density at radius 1 is 1.12 bits per heavy atom. The van der Waals surface area contributed by atoms with Gasteiger partial charge in [0.15, 0.2) is 5.96 Å². The molecule has 2 aromatic rings. The molecule has 0 atom stereocenters. The highest BCUT2D eigenvalue weighted by molar-refractivity contribution is 14.0. The summed E-state index contributed by atoms with van der Waals surface area (Å²) in [7, 11) is 4.05. The predicted octanol–water partition coefficient (Wildman–Crippen LogP) is 3.48. The van der Waals surface area contributed by atoms with Gasteiger partial charge < -0.3 is 20.7 Å². The molecule has 3 N–H and O–H groups in total. The molecule has 0 saturated carbocycles. The van der Waals surface area contributed by atoms with E-state index in [0.717, 1.165) is 23.5 Å². The van der Waals surface area contributed by atoms with Crippen molar-refractivity contribution in [1.82, 2.24) is 4.90 Å². The van der Waals surface area contributed by atoms with Crippen molar-refractivity contribution in [3.8, 4) is 5.75 Å². The fraction of sp³-hybridized carbons (Fsp3) is 0.316. The summed E-state index contributed by atoms with van der Waals surface area (Å²) < 4.78 is 5.84. The number of hydrogen-bond donors (Lipinski definition) is 2. The molecule has 0 unspecified atom stereocenters. The second-order valence-electron chi connectivity index (χ2n) is 5.95. The van der Waals surface area contributed by atoms with Gasteiger partial charge in [-0.3, -0.25) is 0 Å². The summed E-state index contributed by atoms with van der Waals surface area (Å²) in [4.78, 5) is 6.50. The number of aryl methyl sites for hydroxylation is 1. The summed E-state index contributed by atoms with van der Waals surface area (Å²) in [6, 6.07) is 15.9. The van der Waals surface area contributed by atoms with Crippen molar-refractivity contribution in [3.63, 3.8) is 0 Å². The van der Waals surface area contributed by atoms with Crippen LogP contribution in [0.1, 0.15) is 11.1 Å². The van der Waals surface area contributed by atoms with E-state index in [4.69, 9.17) is 10.5 Å². The molecular formula is C19H27IN4O. The first kappa shape index (κ1) is 21.2. The van der Waals surface area contributed by atoms with Crippen LogP contribution in [0.25, 0.3) is 0 Å². The van der Waals surface area contributed by atoms with Gasteiger partial charge in [0.1, 0.15) is 12.4 Å². The molecular weight excluding hydrogens is 427 g/mol. The molecule has 5 nitrogen and oxygen atoms in total. The van der Waals surface area contributed by atoms with Gasteiger partial charge in [0.25, 0.3) is 0 Å². The van der Waals surface area contributed by atoms with Gasteiger partial charge >= 0.3 is 0 Å². The number of halogens is 1. The third kappa shape index (κ3) is 7.74. The lowest BCUT2D eigenvalue weighted by Gasteiger charge is -2.13. The number of likely N-dealkylation sites (N-methyl/N-ethyl adjacent to an activating group) is 1. The quantitative estimate of drug-likeness (QED) is 0.382. The number of aliphatic imine (C=N–C) groups is 1. The zero-order valence-corrected chi connectivity index (χ0v) is 17.4. The maximum atomic E-state index is 5.97. The summed E-state index contributed by atoms with van der Waals surface area (Å²) in [5.41, 5.74) is 9.13. The maximum absolute atomic E-state index is 5.97. The molecule has 0 heterocycles. The van der Waals surface area contributed by atoms with Crippen LogP contribution < -0.4 is 15.8 Å². The number of hydrogen-bond acceptors (Lipinski definition) is 3. The average Bonchev–Trinajstić information content (AvgIpc) is 2.56. The second-order valence-corrected chi connectivity index (χ2v) is 5.95. The molecule has 2 aromatic carbocycles. The van der Waals surface area contributed by atoms with Crippen LogP contribution >= 0.6 is 24.0 Å². The number of rotatable bonds is 7. The summed E-state index contributed by atoms with van der Waals surface area (Å²) in [6.07, 6.45) is 0. The molecule has 0 radical (unpaired) electrons. The molecule has 6 heteroatoms. The Labute approximate surface area is 167 Å². The first-order valence-electron chi connectivity index (χ1n) is 8.03. The molecule has 0 saturated heterocycles. The highest BCUT2D eigenvalue weighted by Gasteiger charge is 2.03. The molecule has 0 spiro atoms. The zero-order valence-electron chi connectivity index (χ0n) is 15.0. The van der Waals surface area contributed by atoms with Crippen LogP contribution in [0.5, 0.6) is 5.75 Å². The van der Waals surface area contributed by atoms with Gasteiger partial charge in [0, 0.05) is 17.8 Å². The summed E-state index contributed by atoms with van der Waals surface area (Å²) in [5, 5.41) is 3.10. The Kier molecular flexibility index (Phi) is 9.30. The molecule has 0 aliphatic heterocycles. The van der Waals surface area contributed by atoms with Gasteiger partial charge in [-0.2, -0.15) is 0 Å². The minimum atomic E-state index is 0. The number of nitrogens with two attached hydrogens (primary N) is 1. The van der Waals surface area contributed by atoms with Crippen molar-refractivity contribution < 1.29 is 4.74 Å². The maximum Gasteiger partial charge on any atom is 0.193 e. The Morgan fingerprint density at radius 3 is 2.48 bits per heavy atom. The van der Waals surface area contributed by atoms with E-state index in [1.807, 2.05) is 62.6 Å². The fourth-order valence-electron chi connectivity index (χ4n) is 2.11. The molecule has 25 heavy (non-hydrogen) atoms. The van der Waals surface area contributed by atoms with Crippen molar-refractivity contribution >= 4 is 35.6 Å². The van der Waals surface area contributed by atoms with Crippen molar-refractivity contribution in [3.05, 3.63) is 59.7 Å². The molecule has 0 aromatic heterocycles. The zero-order chi connectivity index (χ0) is 17.4. The van der Waals surface area contributed by atoms with Crippen LogP contribution in [0.2, 0.25) is 0 Å². The van der Waals surface area contributed by atoms with E-state index in [0.29, 0.717) is 19.1 Å². The SMILES string of the molecule is Cc1ccc(NC(N)=NCc2ccccc2OCCN(C)C)cc1.I. The summed E-state index contributed by atoms with van der Waals surface area (Å²) in [5.74, 6) is 1.24. The summed E-state index contributed by atoms with van der Waals surface area (Å²) in [6.45, 7) is 4.04.